The average Bonchev–Trinajstić information content (AvgIpc) is 3.13. The summed E-state index contributed by atoms with van der Waals surface area (Å²) in [5, 5.41) is 3.31. The lowest BCUT2D eigenvalue weighted by atomic mass is 10.2. The molecule has 1 aromatic carbocycles. The zero-order valence-electron chi connectivity index (χ0n) is 12.3. The highest BCUT2D eigenvalue weighted by molar-refractivity contribution is 8.00. The maximum Gasteiger partial charge on any atom is 0.230 e. The first-order valence-corrected chi connectivity index (χ1v) is 8.63. The molecule has 112 valence electrons. The van der Waals surface area contributed by atoms with E-state index in [1.807, 2.05) is 24.3 Å². The molecule has 3 rings (SSSR count). The van der Waals surface area contributed by atoms with Crippen LogP contribution in [0.5, 0.6) is 0 Å². The number of aromatic nitrogens is 2. The van der Waals surface area contributed by atoms with Crippen molar-refractivity contribution < 1.29 is 4.79 Å². The molecule has 2 N–H and O–H groups in total. The lowest BCUT2D eigenvalue weighted by Crippen LogP contribution is -2.34. The van der Waals surface area contributed by atoms with Gasteiger partial charge in [-0.15, -0.1) is 11.8 Å². The number of thioether (sulfide) groups is 1. The molecule has 1 unspecified atom stereocenters. The largest absolute Gasteiger partial charge is 0.353 e. The lowest BCUT2D eigenvalue weighted by molar-refractivity contribution is -0.119. The number of imidazole rings is 1. The molecule has 1 saturated carbocycles. The molecule has 1 heterocycles. The van der Waals surface area contributed by atoms with E-state index in [9.17, 15) is 4.79 Å². The van der Waals surface area contributed by atoms with Crippen molar-refractivity contribution in [2.24, 2.45) is 0 Å². The standard InChI is InChI=1S/C16H21N3OS/c1-11(16-18-13-8-4-5-9-14(13)19-16)21-10-15(20)17-12-6-2-3-7-12/h4-5,8-9,11-12H,2-3,6-7,10H2,1H3,(H,17,20)(H,18,19). The van der Waals surface area contributed by atoms with Crippen molar-refractivity contribution in [2.45, 2.75) is 43.9 Å². The third-order valence-electron chi connectivity index (χ3n) is 3.98. The Kier molecular flexibility index (Phi) is 4.48. The second-order valence-electron chi connectivity index (χ2n) is 5.64. The molecule has 5 heteroatoms. The third-order valence-corrected chi connectivity index (χ3v) is 5.13. The van der Waals surface area contributed by atoms with Gasteiger partial charge in [-0.1, -0.05) is 25.0 Å². The van der Waals surface area contributed by atoms with Crippen molar-refractivity contribution in [3.8, 4) is 0 Å². The summed E-state index contributed by atoms with van der Waals surface area (Å²) in [6.07, 6.45) is 4.76. The lowest BCUT2D eigenvalue weighted by Gasteiger charge is -2.13. The van der Waals surface area contributed by atoms with Gasteiger partial charge in [0.2, 0.25) is 5.91 Å². The van der Waals surface area contributed by atoms with Gasteiger partial charge in [-0.05, 0) is 31.9 Å². The summed E-state index contributed by atoms with van der Waals surface area (Å²) in [5.74, 6) is 1.58. The molecule has 0 radical (unpaired) electrons. The highest BCUT2D eigenvalue weighted by Gasteiger charge is 2.18. The van der Waals surface area contributed by atoms with E-state index in [1.165, 1.54) is 12.8 Å². The fourth-order valence-electron chi connectivity index (χ4n) is 2.78. The molecule has 1 amide bonds. The van der Waals surface area contributed by atoms with E-state index in [4.69, 9.17) is 0 Å². The predicted molar refractivity (Wildman–Crippen MR) is 87.4 cm³/mol. The van der Waals surface area contributed by atoms with E-state index < -0.39 is 0 Å². The Morgan fingerprint density at radius 3 is 2.95 bits per heavy atom. The molecule has 0 bridgehead atoms. The number of nitrogens with zero attached hydrogens (tertiary/aromatic N) is 1. The molecule has 1 fully saturated rings. The number of hydrogen-bond donors (Lipinski definition) is 2. The van der Waals surface area contributed by atoms with Gasteiger partial charge < -0.3 is 10.3 Å². The first-order valence-electron chi connectivity index (χ1n) is 7.58. The number of carbonyl (C=O) groups is 1. The normalized spacial score (nSPS) is 17.2. The predicted octanol–water partition coefficient (Wildman–Crippen LogP) is 3.42. The zero-order chi connectivity index (χ0) is 14.7. The highest BCUT2D eigenvalue weighted by Crippen LogP contribution is 2.27. The van der Waals surface area contributed by atoms with Gasteiger partial charge >= 0.3 is 0 Å². The summed E-state index contributed by atoms with van der Waals surface area (Å²) >= 11 is 1.63. The molecular weight excluding hydrogens is 282 g/mol. The Bertz CT molecular complexity index is 586. The monoisotopic (exact) mass is 303 g/mol. The van der Waals surface area contributed by atoms with Gasteiger partial charge in [0.1, 0.15) is 5.82 Å². The van der Waals surface area contributed by atoms with Gasteiger partial charge in [0.15, 0.2) is 0 Å². The van der Waals surface area contributed by atoms with Crippen LogP contribution in [-0.4, -0.2) is 27.7 Å². The molecule has 0 spiro atoms. The van der Waals surface area contributed by atoms with Crippen LogP contribution in [0.15, 0.2) is 24.3 Å². The van der Waals surface area contributed by atoms with Gasteiger partial charge in [0.05, 0.1) is 22.0 Å². The Morgan fingerprint density at radius 2 is 2.19 bits per heavy atom. The van der Waals surface area contributed by atoms with E-state index in [1.54, 1.807) is 11.8 Å². The molecule has 0 saturated heterocycles. The number of hydrogen-bond acceptors (Lipinski definition) is 3. The molecule has 1 aliphatic rings. The zero-order valence-corrected chi connectivity index (χ0v) is 13.1. The van der Waals surface area contributed by atoms with Gasteiger partial charge in [-0.2, -0.15) is 0 Å². The quantitative estimate of drug-likeness (QED) is 0.890. The van der Waals surface area contributed by atoms with Gasteiger partial charge in [0.25, 0.3) is 0 Å². The van der Waals surface area contributed by atoms with Crippen LogP contribution >= 0.6 is 11.8 Å². The molecule has 1 atom stereocenters. The Balaban J connectivity index is 1.53. The molecular formula is C16H21N3OS. The molecule has 4 nitrogen and oxygen atoms in total. The minimum Gasteiger partial charge on any atom is -0.353 e. The second kappa shape index (κ2) is 6.52. The van der Waals surface area contributed by atoms with Gasteiger partial charge in [-0.3, -0.25) is 4.79 Å². The Hall–Kier alpha value is -1.49. The summed E-state index contributed by atoms with van der Waals surface area (Å²) in [6.45, 7) is 2.09. The first-order chi connectivity index (χ1) is 10.2. The van der Waals surface area contributed by atoms with Crippen LogP contribution < -0.4 is 5.32 Å². The van der Waals surface area contributed by atoms with Crippen LogP contribution in [0.25, 0.3) is 11.0 Å². The maximum absolute atomic E-state index is 11.9. The van der Waals surface area contributed by atoms with Gasteiger partial charge in [0, 0.05) is 6.04 Å². The number of amides is 1. The summed E-state index contributed by atoms with van der Waals surface area (Å²) in [6, 6.07) is 8.41. The van der Waals surface area contributed by atoms with Crippen LogP contribution in [0.2, 0.25) is 0 Å². The van der Waals surface area contributed by atoms with Crippen LogP contribution in [0.3, 0.4) is 0 Å². The minimum atomic E-state index is 0.148. The fraction of sp³-hybridized carbons (Fsp3) is 0.500. The summed E-state index contributed by atoms with van der Waals surface area (Å²) < 4.78 is 0. The van der Waals surface area contributed by atoms with Crippen molar-refractivity contribution in [3.63, 3.8) is 0 Å². The van der Waals surface area contributed by atoms with E-state index in [0.29, 0.717) is 11.8 Å². The Morgan fingerprint density at radius 1 is 1.43 bits per heavy atom. The number of rotatable bonds is 5. The van der Waals surface area contributed by atoms with Crippen LogP contribution in [-0.2, 0) is 4.79 Å². The topological polar surface area (TPSA) is 57.8 Å². The van der Waals surface area contributed by atoms with E-state index in [-0.39, 0.29) is 11.2 Å². The average molecular weight is 303 g/mol. The second-order valence-corrected chi connectivity index (χ2v) is 6.97. The van der Waals surface area contributed by atoms with E-state index in [0.717, 1.165) is 29.7 Å². The number of carbonyl (C=O) groups excluding carboxylic acids is 1. The van der Waals surface area contributed by atoms with Crippen molar-refractivity contribution in [1.82, 2.24) is 15.3 Å². The number of aromatic amines is 1. The highest BCUT2D eigenvalue weighted by atomic mass is 32.2. The van der Waals surface area contributed by atoms with Crippen molar-refractivity contribution >= 4 is 28.7 Å². The van der Waals surface area contributed by atoms with Crippen LogP contribution in [0.4, 0.5) is 0 Å². The summed E-state index contributed by atoms with van der Waals surface area (Å²) in [5.41, 5.74) is 2.03. The number of benzene rings is 1. The molecule has 1 aromatic heterocycles. The summed E-state index contributed by atoms with van der Waals surface area (Å²) in [4.78, 5) is 19.9. The SMILES string of the molecule is CC(SCC(=O)NC1CCCC1)c1nc2ccccc2[nH]1. The maximum atomic E-state index is 11.9. The van der Waals surface area contributed by atoms with Crippen molar-refractivity contribution in [3.05, 3.63) is 30.1 Å². The third kappa shape index (κ3) is 3.59. The smallest absolute Gasteiger partial charge is 0.230 e. The van der Waals surface area contributed by atoms with E-state index >= 15 is 0 Å². The minimum absolute atomic E-state index is 0.148. The molecule has 1 aliphatic carbocycles. The van der Waals surface area contributed by atoms with Crippen LogP contribution in [0, 0.1) is 0 Å². The van der Waals surface area contributed by atoms with Crippen molar-refractivity contribution in [1.29, 1.82) is 0 Å². The van der Waals surface area contributed by atoms with E-state index in [2.05, 4.69) is 22.2 Å². The number of nitrogens with one attached hydrogen (secondary N) is 2. The molecule has 0 aliphatic heterocycles. The van der Waals surface area contributed by atoms with Gasteiger partial charge in [-0.25, -0.2) is 4.98 Å². The Labute approximate surface area is 129 Å². The number of para-hydroxylation sites is 2. The molecule has 2 aromatic rings. The fourth-order valence-corrected chi connectivity index (χ4v) is 3.54. The number of fused-ring (bicyclic) bond motifs is 1. The number of H-pyrrole nitrogens is 1. The van der Waals surface area contributed by atoms with Crippen molar-refractivity contribution in [2.75, 3.05) is 5.75 Å². The molecule has 21 heavy (non-hydrogen) atoms. The van der Waals surface area contributed by atoms with Crippen LogP contribution in [0.1, 0.15) is 43.7 Å². The first kappa shape index (κ1) is 14.4. The summed E-state index contributed by atoms with van der Waals surface area (Å²) in [7, 11) is 0.